The minimum absolute atomic E-state index is 0.709. The number of hydrogen-bond donors (Lipinski definition) is 0. The molecule has 1 atom stereocenters. The first-order chi connectivity index (χ1) is 11.2. The fraction of sp³-hybridized carbons (Fsp3) is 0.400. The Bertz CT molecular complexity index is 643. The molecule has 0 N–H and O–H groups in total. The Labute approximate surface area is 147 Å². The first-order valence-corrected chi connectivity index (χ1v) is 9.24. The van der Waals surface area contributed by atoms with Crippen LogP contribution < -0.4 is 4.74 Å². The van der Waals surface area contributed by atoms with Crippen LogP contribution in [0.5, 0.6) is 11.5 Å². The molecule has 1 unspecified atom stereocenters. The summed E-state index contributed by atoms with van der Waals surface area (Å²) in [4.78, 5) is 2.51. The van der Waals surface area contributed by atoms with Gasteiger partial charge in [0.15, 0.2) is 0 Å². The number of halogens is 1. The second-order valence-corrected chi connectivity index (χ2v) is 7.16. The maximum absolute atomic E-state index is 6.15. The molecule has 0 saturated carbocycles. The molecular formula is C20H24BrNO. The van der Waals surface area contributed by atoms with E-state index in [1.54, 1.807) is 0 Å². The lowest BCUT2D eigenvalue weighted by molar-refractivity contribution is 0.176. The first kappa shape index (κ1) is 16.5. The van der Waals surface area contributed by atoms with E-state index in [2.05, 4.69) is 46.1 Å². The van der Waals surface area contributed by atoms with E-state index in [-0.39, 0.29) is 0 Å². The number of para-hydroxylation sites is 2. The second-order valence-electron chi connectivity index (χ2n) is 6.31. The highest BCUT2D eigenvalue weighted by atomic mass is 79.9. The first-order valence-electron chi connectivity index (χ1n) is 8.44. The van der Waals surface area contributed by atoms with Gasteiger partial charge in [0.05, 0.1) is 4.47 Å². The van der Waals surface area contributed by atoms with Gasteiger partial charge in [-0.05, 0) is 79.0 Å². The molecule has 1 heterocycles. The number of likely N-dealkylation sites (tertiary alicyclic amines) is 1. The summed E-state index contributed by atoms with van der Waals surface area (Å²) < 4.78 is 7.13. The molecule has 0 bridgehead atoms. The third-order valence-electron chi connectivity index (χ3n) is 4.70. The molecule has 0 radical (unpaired) electrons. The zero-order valence-electron chi connectivity index (χ0n) is 13.7. The third kappa shape index (κ3) is 4.36. The van der Waals surface area contributed by atoms with Gasteiger partial charge in [-0.3, -0.25) is 0 Å². The Morgan fingerprint density at radius 2 is 1.78 bits per heavy atom. The molecule has 2 nitrogen and oxygen atoms in total. The molecule has 1 fully saturated rings. The molecule has 0 amide bonds. The van der Waals surface area contributed by atoms with Crippen molar-refractivity contribution in [1.29, 1.82) is 0 Å². The lowest BCUT2D eigenvalue weighted by Gasteiger charge is -2.32. The van der Waals surface area contributed by atoms with E-state index in [4.69, 9.17) is 4.74 Å². The van der Waals surface area contributed by atoms with E-state index in [1.807, 2.05) is 30.3 Å². The Kier molecular flexibility index (Phi) is 5.74. The fourth-order valence-electron chi connectivity index (χ4n) is 3.29. The molecule has 2 aromatic carbocycles. The molecule has 1 saturated heterocycles. The number of ether oxygens (including phenoxy) is 1. The van der Waals surface area contributed by atoms with E-state index in [0.29, 0.717) is 6.04 Å². The lowest BCUT2D eigenvalue weighted by Crippen LogP contribution is -2.36. The lowest BCUT2D eigenvalue weighted by atomic mass is 9.96. The molecule has 3 rings (SSSR count). The number of aryl methyl sites for hydroxylation is 1. The van der Waals surface area contributed by atoms with Crippen LogP contribution in [0, 0.1) is 0 Å². The maximum Gasteiger partial charge on any atom is 0.141 e. The predicted molar refractivity (Wildman–Crippen MR) is 99.2 cm³/mol. The smallest absolute Gasteiger partial charge is 0.141 e. The summed E-state index contributed by atoms with van der Waals surface area (Å²) in [6, 6.07) is 17.1. The normalized spacial score (nSPS) is 18.8. The van der Waals surface area contributed by atoms with Crippen molar-refractivity contribution < 1.29 is 4.74 Å². The molecule has 0 aliphatic carbocycles. The number of rotatable bonds is 5. The van der Waals surface area contributed by atoms with Gasteiger partial charge in [0.25, 0.3) is 0 Å². The van der Waals surface area contributed by atoms with Crippen LogP contribution in [0.15, 0.2) is 53.0 Å². The third-order valence-corrected chi connectivity index (χ3v) is 5.35. The summed E-state index contributed by atoms with van der Waals surface area (Å²) >= 11 is 3.56. The predicted octanol–water partition coefficient (Wildman–Crippen LogP) is 5.66. The largest absolute Gasteiger partial charge is 0.456 e. The second kappa shape index (κ2) is 7.98. The Morgan fingerprint density at radius 1 is 1.04 bits per heavy atom. The van der Waals surface area contributed by atoms with Crippen LogP contribution in [0.3, 0.4) is 0 Å². The van der Waals surface area contributed by atoms with Gasteiger partial charge in [-0.1, -0.05) is 36.8 Å². The summed E-state index contributed by atoms with van der Waals surface area (Å²) in [7, 11) is 2.26. The van der Waals surface area contributed by atoms with E-state index < -0.39 is 0 Å². The zero-order chi connectivity index (χ0) is 16.1. The van der Waals surface area contributed by atoms with Crippen molar-refractivity contribution in [2.45, 2.75) is 38.1 Å². The fourth-order valence-corrected chi connectivity index (χ4v) is 3.65. The number of nitrogens with zero attached hydrogens (tertiary/aromatic N) is 1. The van der Waals surface area contributed by atoms with Crippen molar-refractivity contribution in [3.8, 4) is 11.5 Å². The molecular weight excluding hydrogens is 350 g/mol. The summed E-state index contributed by atoms with van der Waals surface area (Å²) in [5, 5.41) is 0. The van der Waals surface area contributed by atoms with Crippen LogP contribution in [-0.2, 0) is 6.42 Å². The highest BCUT2D eigenvalue weighted by Crippen LogP contribution is 2.32. The van der Waals surface area contributed by atoms with E-state index in [1.165, 1.54) is 37.8 Å². The van der Waals surface area contributed by atoms with Crippen molar-refractivity contribution >= 4 is 15.9 Å². The molecule has 23 heavy (non-hydrogen) atoms. The van der Waals surface area contributed by atoms with E-state index in [0.717, 1.165) is 22.4 Å². The number of hydrogen-bond acceptors (Lipinski definition) is 2. The monoisotopic (exact) mass is 373 g/mol. The average Bonchev–Trinajstić information content (AvgIpc) is 2.57. The highest BCUT2D eigenvalue weighted by molar-refractivity contribution is 9.10. The van der Waals surface area contributed by atoms with Gasteiger partial charge in [-0.2, -0.15) is 0 Å². The Morgan fingerprint density at radius 3 is 2.57 bits per heavy atom. The summed E-state index contributed by atoms with van der Waals surface area (Å²) in [5.41, 5.74) is 1.29. The molecule has 2 aromatic rings. The van der Waals surface area contributed by atoms with E-state index >= 15 is 0 Å². The van der Waals surface area contributed by atoms with Gasteiger partial charge in [-0.15, -0.1) is 0 Å². The quantitative estimate of drug-likeness (QED) is 0.670. The minimum Gasteiger partial charge on any atom is -0.456 e. The maximum atomic E-state index is 6.15. The zero-order valence-corrected chi connectivity index (χ0v) is 15.3. The van der Waals surface area contributed by atoms with Crippen molar-refractivity contribution in [2.75, 3.05) is 13.6 Å². The summed E-state index contributed by atoms with van der Waals surface area (Å²) in [6.45, 7) is 1.24. The van der Waals surface area contributed by atoms with Crippen molar-refractivity contribution in [1.82, 2.24) is 4.90 Å². The van der Waals surface area contributed by atoms with Crippen molar-refractivity contribution in [3.05, 3.63) is 58.6 Å². The Hall–Kier alpha value is -1.32. The van der Waals surface area contributed by atoms with Crippen LogP contribution in [-0.4, -0.2) is 24.5 Å². The van der Waals surface area contributed by atoms with Crippen molar-refractivity contribution in [3.63, 3.8) is 0 Å². The van der Waals surface area contributed by atoms with Gasteiger partial charge in [0.1, 0.15) is 11.5 Å². The molecule has 1 aliphatic rings. The summed E-state index contributed by atoms with van der Waals surface area (Å²) in [5.74, 6) is 1.84. The summed E-state index contributed by atoms with van der Waals surface area (Å²) in [6.07, 6.45) is 6.30. The SMILES string of the molecule is CN1CCCCC1CCc1ccccc1Oc1ccccc1Br. The molecule has 3 heteroatoms. The van der Waals surface area contributed by atoms with Crippen LogP contribution >= 0.6 is 15.9 Å². The van der Waals surface area contributed by atoms with Crippen molar-refractivity contribution in [2.24, 2.45) is 0 Å². The van der Waals surface area contributed by atoms with Crippen LogP contribution in [0.25, 0.3) is 0 Å². The molecule has 0 aromatic heterocycles. The number of piperidine rings is 1. The molecule has 1 aliphatic heterocycles. The molecule has 122 valence electrons. The van der Waals surface area contributed by atoms with Crippen LogP contribution in [0.4, 0.5) is 0 Å². The molecule has 0 spiro atoms. The van der Waals surface area contributed by atoms with Gasteiger partial charge in [0.2, 0.25) is 0 Å². The number of benzene rings is 2. The average molecular weight is 374 g/mol. The Balaban J connectivity index is 1.69. The van der Waals surface area contributed by atoms with Crippen LogP contribution in [0.2, 0.25) is 0 Å². The van der Waals surface area contributed by atoms with Gasteiger partial charge in [0, 0.05) is 6.04 Å². The standard InChI is InChI=1S/C20H24BrNO/c1-22-15-7-6-9-17(22)14-13-16-8-2-4-11-19(16)23-20-12-5-3-10-18(20)21/h2-5,8,10-12,17H,6-7,9,13-15H2,1H3. The minimum atomic E-state index is 0.709. The van der Waals surface area contributed by atoms with Crippen LogP contribution in [0.1, 0.15) is 31.2 Å². The van der Waals surface area contributed by atoms with Gasteiger partial charge >= 0.3 is 0 Å². The van der Waals surface area contributed by atoms with Gasteiger partial charge in [-0.25, -0.2) is 0 Å². The topological polar surface area (TPSA) is 12.5 Å². The highest BCUT2D eigenvalue weighted by Gasteiger charge is 2.19. The van der Waals surface area contributed by atoms with E-state index in [9.17, 15) is 0 Å². The van der Waals surface area contributed by atoms with Gasteiger partial charge < -0.3 is 9.64 Å².